The van der Waals surface area contributed by atoms with E-state index >= 15 is 0 Å². The van der Waals surface area contributed by atoms with Crippen LogP contribution in [0.25, 0.3) is 16.6 Å². The number of aryl methyl sites for hydroxylation is 2. The van der Waals surface area contributed by atoms with E-state index in [4.69, 9.17) is 9.40 Å². The summed E-state index contributed by atoms with van der Waals surface area (Å²) in [5.74, 6) is -0.0329. The third-order valence-corrected chi connectivity index (χ3v) is 6.02. The Morgan fingerprint density at radius 3 is 2.68 bits per heavy atom. The van der Waals surface area contributed by atoms with Gasteiger partial charge in [0.05, 0.1) is 23.0 Å². The van der Waals surface area contributed by atoms with E-state index in [1.165, 1.54) is 23.6 Å². The van der Waals surface area contributed by atoms with Gasteiger partial charge in [-0.2, -0.15) is 0 Å². The highest BCUT2D eigenvalue weighted by molar-refractivity contribution is 5.97. The molecule has 0 atom stereocenters. The molecule has 1 aliphatic rings. The number of nitrogens with zero attached hydrogens (tertiary/aromatic N) is 4. The minimum Gasteiger partial charge on any atom is -0.464 e. The van der Waals surface area contributed by atoms with Crippen LogP contribution < -0.4 is 5.43 Å². The van der Waals surface area contributed by atoms with Crippen LogP contribution in [0.5, 0.6) is 0 Å². The molecule has 158 valence electrons. The van der Waals surface area contributed by atoms with Crippen molar-refractivity contribution >= 4 is 22.5 Å². The van der Waals surface area contributed by atoms with Gasteiger partial charge in [-0.3, -0.25) is 14.5 Å². The number of hydrogen-bond acceptors (Lipinski definition) is 5. The van der Waals surface area contributed by atoms with E-state index in [2.05, 4.69) is 41.5 Å². The standard InChI is InChI=1S/C24H24N4O3/c1-16-5-7-28-20(17(2)25-23(28)13-16)15-26-8-10-27(11-9-26)24(30)18-3-4-19-21(29)6-12-31-22(19)14-18/h3-7,12-14H,8-11,15H2,1-2H3. The average Bonchev–Trinajstić information content (AvgIpc) is 3.07. The zero-order chi connectivity index (χ0) is 21.5. The SMILES string of the molecule is Cc1ccn2c(CN3CCN(C(=O)c4ccc5c(=O)ccoc5c4)CC3)c(C)nc2c1. The van der Waals surface area contributed by atoms with Crippen molar-refractivity contribution in [1.82, 2.24) is 19.2 Å². The van der Waals surface area contributed by atoms with Crippen molar-refractivity contribution in [3.63, 3.8) is 0 Å². The second-order valence-corrected chi connectivity index (χ2v) is 8.14. The molecule has 4 heterocycles. The summed E-state index contributed by atoms with van der Waals surface area (Å²) in [7, 11) is 0. The molecular weight excluding hydrogens is 392 g/mol. The summed E-state index contributed by atoms with van der Waals surface area (Å²) < 4.78 is 7.57. The normalized spacial score (nSPS) is 15.1. The van der Waals surface area contributed by atoms with Crippen LogP contribution in [0.4, 0.5) is 0 Å². The molecule has 4 aromatic rings. The number of piperazine rings is 1. The largest absolute Gasteiger partial charge is 0.464 e. The number of hydrogen-bond donors (Lipinski definition) is 0. The molecule has 7 heteroatoms. The van der Waals surface area contributed by atoms with Crippen molar-refractivity contribution in [1.29, 1.82) is 0 Å². The van der Waals surface area contributed by atoms with Crippen LogP contribution in [0.2, 0.25) is 0 Å². The molecular formula is C24H24N4O3. The molecule has 1 fully saturated rings. The zero-order valence-electron chi connectivity index (χ0n) is 17.7. The van der Waals surface area contributed by atoms with E-state index in [1.807, 2.05) is 4.90 Å². The monoisotopic (exact) mass is 416 g/mol. The van der Waals surface area contributed by atoms with Gasteiger partial charge in [-0.25, -0.2) is 4.98 Å². The molecule has 0 saturated carbocycles. The molecule has 0 spiro atoms. The quantitative estimate of drug-likeness (QED) is 0.513. The third kappa shape index (κ3) is 3.61. The molecule has 0 unspecified atom stereocenters. The fourth-order valence-corrected chi connectivity index (χ4v) is 4.22. The number of amides is 1. The van der Waals surface area contributed by atoms with Gasteiger partial charge in [-0.05, 0) is 49.7 Å². The first-order valence-corrected chi connectivity index (χ1v) is 10.5. The molecule has 1 aromatic carbocycles. The molecule has 3 aromatic heterocycles. The summed E-state index contributed by atoms with van der Waals surface area (Å²) in [6.07, 6.45) is 3.44. The van der Waals surface area contributed by atoms with Gasteiger partial charge in [0, 0.05) is 50.6 Å². The van der Waals surface area contributed by atoms with E-state index in [1.54, 1.807) is 18.2 Å². The molecule has 1 saturated heterocycles. The van der Waals surface area contributed by atoms with Gasteiger partial charge >= 0.3 is 0 Å². The Morgan fingerprint density at radius 1 is 1.06 bits per heavy atom. The predicted octanol–water partition coefficient (Wildman–Crippen LogP) is 3.02. The molecule has 0 radical (unpaired) electrons. The van der Waals surface area contributed by atoms with Crippen LogP contribution >= 0.6 is 0 Å². The summed E-state index contributed by atoms with van der Waals surface area (Å²) in [6.45, 7) is 7.84. The Balaban J connectivity index is 1.28. The molecule has 0 bridgehead atoms. The fourth-order valence-electron chi connectivity index (χ4n) is 4.22. The minimum absolute atomic E-state index is 0.0329. The zero-order valence-corrected chi connectivity index (χ0v) is 17.7. The minimum atomic E-state index is -0.105. The van der Waals surface area contributed by atoms with Crippen LogP contribution in [0, 0.1) is 13.8 Å². The van der Waals surface area contributed by atoms with Gasteiger partial charge in [0.1, 0.15) is 11.2 Å². The molecule has 0 aliphatic carbocycles. The van der Waals surface area contributed by atoms with E-state index in [0.717, 1.165) is 31.0 Å². The van der Waals surface area contributed by atoms with Gasteiger partial charge in [0.2, 0.25) is 0 Å². The summed E-state index contributed by atoms with van der Waals surface area (Å²) >= 11 is 0. The number of carbonyl (C=O) groups is 1. The molecule has 1 amide bonds. The highest BCUT2D eigenvalue weighted by Gasteiger charge is 2.24. The van der Waals surface area contributed by atoms with Crippen molar-refractivity contribution in [2.45, 2.75) is 20.4 Å². The summed E-state index contributed by atoms with van der Waals surface area (Å²) in [5, 5.41) is 0.488. The van der Waals surface area contributed by atoms with Crippen molar-refractivity contribution in [2.75, 3.05) is 26.2 Å². The van der Waals surface area contributed by atoms with Crippen LogP contribution in [-0.4, -0.2) is 51.3 Å². The van der Waals surface area contributed by atoms with E-state index < -0.39 is 0 Å². The maximum Gasteiger partial charge on any atom is 0.254 e. The summed E-state index contributed by atoms with van der Waals surface area (Å²) in [6, 6.07) is 10.6. The van der Waals surface area contributed by atoms with Crippen LogP contribution in [0.3, 0.4) is 0 Å². The predicted molar refractivity (Wildman–Crippen MR) is 118 cm³/mol. The second kappa shape index (κ2) is 7.67. The number of pyridine rings is 1. The van der Waals surface area contributed by atoms with E-state index in [9.17, 15) is 9.59 Å². The van der Waals surface area contributed by atoms with Crippen molar-refractivity contribution in [2.24, 2.45) is 0 Å². The van der Waals surface area contributed by atoms with E-state index in [0.29, 0.717) is 29.6 Å². The lowest BCUT2D eigenvalue weighted by atomic mass is 10.1. The van der Waals surface area contributed by atoms with Crippen LogP contribution in [-0.2, 0) is 6.54 Å². The first-order chi connectivity index (χ1) is 15.0. The van der Waals surface area contributed by atoms with E-state index in [-0.39, 0.29) is 11.3 Å². The summed E-state index contributed by atoms with van der Waals surface area (Å²) in [5.41, 5.74) is 5.29. The topological polar surface area (TPSA) is 71.1 Å². The maximum absolute atomic E-state index is 13.0. The Kier molecular flexibility index (Phi) is 4.82. The molecule has 0 N–H and O–H groups in total. The van der Waals surface area contributed by atoms with Crippen molar-refractivity contribution in [3.8, 4) is 0 Å². The lowest BCUT2D eigenvalue weighted by Gasteiger charge is -2.34. The first kappa shape index (κ1) is 19.5. The number of carbonyl (C=O) groups excluding carboxylic acids is 1. The van der Waals surface area contributed by atoms with Crippen LogP contribution in [0.15, 0.2) is 58.1 Å². The van der Waals surface area contributed by atoms with Crippen molar-refractivity contribution in [3.05, 3.63) is 81.6 Å². The van der Waals surface area contributed by atoms with Gasteiger partial charge in [0.15, 0.2) is 5.43 Å². The molecule has 5 rings (SSSR count). The number of benzene rings is 1. The number of fused-ring (bicyclic) bond motifs is 2. The van der Waals surface area contributed by atoms with Gasteiger partial charge in [0.25, 0.3) is 5.91 Å². The fraction of sp³-hybridized carbons (Fsp3) is 0.292. The highest BCUT2D eigenvalue weighted by atomic mass is 16.3. The Morgan fingerprint density at radius 2 is 1.87 bits per heavy atom. The van der Waals surface area contributed by atoms with Crippen LogP contribution in [0.1, 0.15) is 27.3 Å². The first-order valence-electron chi connectivity index (χ1n) is 10.5. The maximum atomic E-state index is 13.0. The Bertz CT molecular complexity index is 1350. The third-order valence-electron chi connectivity index (χ3n) is 6.02. The second-order valence-electron chi connectivity index (χ2n) is 8.14. The lowest BCUT2D eigenvalue weighted by molar-refractivity contribution is 0.0626. The number of rotatable bonds is 3. The smallest absolute Gasteiger partial charge is 0.254 e. The molecule has 1 aliphatic heterocycles. The molecule has 31 heavy (non-hydrogen) atoms. The molecule has 7 nitrogen and oxygen atoms in total. The van der Waals surface area contributed by atoms with Gasteiger partial charge in [-0.15, -0.1) is 0 Å². The number of aromatic nitrogens is 2. The van der Waals surface area contributed by atoms with Crippen molar-refractivity contribution < 1.29 is 9.21 Å². The highest BCUT2D eigenvalue weighted by Crippen LogP contribution is 2.18. The average molecular weight is 416 g/mol. The Labute approximate surface area is 179 Å². The lowest BCUT2D eigenvalue weighted by Crippen LogP contribution is -2.48. The summed E-state index contributed by atoms with van der Waals surface area (Å²) in [4.78, 5) is 33.8. The van der Waals surface area contributed by atoms with Gasteiger partial charge in [-0.1, -0.05) is 0 Å². The van der Waals surface area contributed by atoms with Gasteiger partial charge < -0.3 is 13.7 Å². The number of imidazole rings is 1. The Hall–Kier alpha value is -3.45.